The quantitative estimate of drug-likeness (QED) is 0.438. The molecule has 6 nitrogen and oxygen atoms in total. The zero-order chi connectivity index (χ0) is 16.5. The number of nitriles is 1. The van der Waals surface area contributed by atoms with Gasteiger partial charge >= 0.3 is 5.97 Å². The van der Waals surface area contributed by atoms with Crippen molar-refractivity contribution in [2.24, 2.45) is 0 Å². The van der Waals surface area contributed by atoms with Crippen molar-refractivity contribution < 1.29 is 23.7 Å². The van der Waals surface area contributed by atoms with E-state index in [-0.39, 0.29) is 12.2 Å². The molecule has 0 radical (unpaired) electrons. The highest BCUT2D eigenvalue weighted by Gasteiger charge is 2.16. The van der Waals surface area contributed by atoms with Crippen LogP contribution in [0.25, 0.3) is 6.08 Å². The topological polar surface area (TPSA) is 77.8 Å². The van der Waals surface area contributed by atoms with Crippen LogP contribution in [0.15, 0.2) is 17.7 Å². The molecule has 0 spiro atoms. The Kier molecular flexibility index (Phi) is 6.77. The van der Waals surface area contributed by atoms with Crippen molar-refractivity contribution in [2.45, 2.75) is 13.3 Å². The van der Waals surface area contributed by atoms with E-state index in [1.807, 2.05) is 13.0 Å². The Hall–Kier alpha value is -2.68. The van der Waals surface area contributed by atoms with E-state index < -0.39 is 5.97 Å². The molecule has 22 heavy (non-hydrogen) atoms. The summed E-state index contributed by atoms with van der Waals surface area (Å²) in [6, 6.07) is 5.11. The maximum absolute atomic E-state index is 11.8. The predicted octanol–water partition coefficient (Wildman–Crippen LogP) is 2.57. The highest BCUT2D eigenvalue weighted by atomic mass is 16.5. The summed E-state index contributed by atoms with van der Waals surface area (Å²) in [6.07, 6.45) is 2.06. The second-order valence-corrected chi connectivity index (χ2v) is 4.25. The Bertz CT molecular complexity index is 576. The number of rotatable bonds is 7. The summed E-state index contributed by atoms with van der Waals surface area (Å²) in [6.45, 7) is 2.13. The van der Waals surface area contributed by atoms with E-state index in [2.05, 4.69) is 0 Å². The fourth-order valence-electron chi connectivity index (χ4n) is 1.73. The van der Waals surface area contributed by atoms with E-state index in [0.717, 1.165) is 0 Å². The third-order valence-corrected chi connectivity index (χ3v) is 2.82. The molecular formula is C16H19NO5. The molecule has 1 rings (SSSR count). The Morgan fingerprint density at radius 3 is 2.18 bits per heavy atom. The lowest BCUT2D eigenvalue weighted by Crippen LogP contribution is -2.07. The van der Waals surface area contributed by atoms with Crippen LogP contribution in [-0.2, 0) is 9.53 Å². The summed E-state index contributed by atoms with van der Waals surface area (Å²) >= 11 is 0. The molecule has 0 saturated heterocycles. The van der Waals surface area contributed by atoms with Crippen molar-refractivity contribution >= 4 is 12.0 Å². The second kappa shape index (κ2) is 8.57. The molecule has 0 bridgehead atoms. The van der Waals surface area contributed by atoms with E-state index >= 15 is 0 Å². The van der Waals surface area contributed by atoms with E-state index in [0.29, 0.717) is 29.2 Å². The van der Waals surface area contributed by atoms with Crippen molar-refractivity contribution in [3.05, 3.63) is 23.3 Å². The molecule has 0 aliphatic carbocycles. The summed E-state index contributed by atoms with van der Waals surface area (Å²) in [5.41, 5.74) is 0.339. The number of hydrogen-bond acceptors (Lipinski definition) is 6. The van der Waals surface area contributed by atoms with Gasteiger partial charge in [-0.1, -0.05) is 6.92 Å². The zero-order valence-corrected chi connectivity index (χ0v) is 13.1. The smallest absolute Gasteiger partial charge is 0.348 e. The van der Waals surface area contributed by atoms with Gasteiger partial charge in [-0.15, -0.1) is 0 Å². The van der Waals surface area contributed by atoms with Crippen molar-refractivity contribution in [3.63, 3.8) is 0 Å². The number of carbonyl (C=O) groups excluding carboxylic acids is 1. The fraction of sp³-hybridized carbons (Fsp3) is 0.375. The molecule has 0 heterocycles. The molecule has 0 amide bonds. The lowest BCUT2D eigenvalue weighted by atomic mass is 10.1. The third kappa shape index (κ3) is 4.16. The summed E-state index contributed by atoms with van der Waals surface area (Å²) < 4.78 is 20.7. The molecule has 0 aromatic heterocycles. The average molecular weight is 305 g/mol. The van der Waals surface area contributed by atoms with Gasteiger partial charge in [-0.2, -0.15) is 5.26 Å². The molecular weight excluding hydrogens is 286 g/mol. The van der Waals surface area contributed by atoms with Crippen LogP contribution in [0.1, 0.15) is 18.9 Å². The minimum atomic E-state index is -0.677. The van der Waals surface area contributed by atoms with E-state index in [4.69, 9.17) is 24.2 Å². The predicted molar refractivity (Wildman–Crippen MR) is 80.9 cm³/mol. The van der Waals surface area contributed by atoms with E-state index in [1.165, 1.54) is 27.4 Å². The molecule has 0 aliphatic heterocycles. The van der Waals surface area contributed by atoms with Gasteiger partial charge in [0.15, 0.2) is 0 Å². The molecule has 118 valence electrons. The van der Waals surface area contributed by atoms with Gasteiger partial charge in [-0.25, -0.2) is 4.79 Å². The van der Waals surface area contributed by atoms with Crippen LogP contribution in [0, 0.1) is 11.3 Å². The molecule has 0 atom stereocenters. The number of benzene rings is 1. The number of ether oxygens (including phenoxy) is 4. The standard InChI is InChI=1S/C16H19NO5/c1-5-6-22-16(18)11(10-17)7-13-14(20-3)8-12(19-2)9-15(13)21-4/h7-9H,5-6H2,1-4H3. The largest absolute Gasteiger partial charge is 0.496 e. The highest BCUT2D eigenvalue weighted by molar-refractivity contribution is 5.98. The van der Waals surface area contributed by atoms with Crippen LogP contribution in [-0.4, -0.2) is 33.9 Å². The first-order valence-corrected chi connectivity index (χ1v) is 6.70. The van der Waals surface area contributed by atoms with Crippen LogP contribution >= 0.6 is 0 Å². The Morgan fingerprint density at radius 1 is 1.18 bits per heavy atom. The lowest BCUT2D eigenvalue weighted by molar-refractivity contribution is -0.138. The lowest BCUT2D eigenvalue weighted by Gasteiger charge is -2.13. The molecule has 0 saturated carbocycles. The van der Waals surface area contributed by atoms with Gasteiger partial charge < -0.3 is 18.9 Å². The molecule has 0 unspecified atom stereocenters. The summed E-state index contributed by atoms with van der Waals surface area (Å²) in [5, 5.41) is 9.16. The SMILES string of the molecule is CCCOC(=O)C(C#N)=Cc1c(OC)cc(OC)cc1OC. The first-order valence-electron chi connectivity index (χ1n) is 6.70. The molecule has 0 fully saturated rings. The molecule has 1 aromatic carbocycles. The van der Waals surface area contributed by atoms with Crippen LogP contribution in [0.2, 0.25) is 0 Å². The first kappa shape index (κ1) is 17.4. The van der Waals surface area contributed by atoms with Crippen molar-refractivity contribution in [2.75, 3.05) is 27.9 Å². The maximum atomic E-state index is 11.8. The van der Waals surface area contributed by atoms with Gasteiger partial charge in [0.25, 0.3) is 0 Å². The third-order valence-electron chi connectivity index (χ3n) is 2.82. The van der Waals surface area contributed by atoms with Gasteiger partial charge in [-0.05, 0) is 12.5 Å². The van der Waals surface area contributed by atoms with Crippen LogP contribution < -0.4 is 14.2 Å². The van der Waals surface area contributed by atoms with Crippen molar-refractivity contribution in [1.29, 1.82) is 5.26 Å². The van der Waals surface area contributed by atoms with Gasteiger partial charge in [0.05, 0.1) is 33.5 Å². The maximum Gasteiger partial charge on any atom is 0.348 e. The Morgan fingerprint density at radius 2 is 1.77 bits per heavy atom. The van der Waals surface area contributed by atoms with Gasteiger partial charge in [0.2, 0.25) is 0 Å². The van der Waals surface area contributed by atoms with Gasteiger partial charge in [0, 0.05) is 12.1 Å². The Labute approximate surface area is 129 Å². The minimum Gasteiger partial charge on any atom is -0.496 e. The summed E-state index contributed by atoms with van der Waals surface area (Å²) in [7, 11) is 4.48. The summed E-state index contributed by atoms with van der Waals surface area (Å²) in [4.78, 5) is 11.8. The van der Waals surface area contributed by atoms with E-state index in [9.17, 15) is 4.79 Å². The van der Waals surface area contributed by atoms with Gasteiger partial charge in [-0.3, -0.25) is 0 Å². The minimum absolute atomic E-state index is 0.129. The number of esters is 1. The monoisotopic (exact) mass is 305 g/mol. The molecule has 0 N–H and O–H groups in total. The molecule has 6 heteroatoms. The second-order valence-electron chi connectivity index (χ2n) is 4.25. The normalized spacial score (nSPS) is 10.6. The zero-order valence-electron chi connectivity index (χ0n) is 13.1. The highest BCUT2D eigenvalue weighted by Crippen LogP contribution is 2.35. The Balaban J connectivity index is 3.31. The molecule has 0 aliphatic rings. The van der Waals surface area contributed by atoms with Crippen molar-refractivity contribution in [1.82, 2.24) is 0 Å². The van der Waals surface area contributed by atoms with Crippen LogP contribution in [0.4, 0.5) is 0 Å². The molecule has 1 aromatic rings. The number of hydrogen-bond donors (Lipinski definition) is 0. The number of methoxy groups -OCH3 is 3. The summed E-state index contributed by atoms with van der Waals surface area (Å²) in [5.74, 6) is 0.710. The van der Waals surface area contributed by atoms with E-state index in [1.54, 1.807) is 12.1 Å². The number of nitrogens with zero attached hydrogens (tertiary/aromatic N) is 1. The van der Waals surface area contributed by atoms with Gasteiger partial charge in [0.1, 0.15) is 28.9 Å². The van der Waals surface area contributed by atoms with Crippen LogP contribution in [0.5, 0.6) is 17.2 Å². The van der Waals surface area contributed by atoms with Crippen LogP contribution in [0.3, 0.4) is 0 Å². The average Bonchev–Trinajstić information content (AvgIpc) is 2.56. The number of carbonyl (C=O) groups is 1. The van der Waals surface area contributed by atoms with Crippen molar-refractivity contribution in [3.8, 4) is 23.3 Å². The first-order chi connectivity index (χ1) is 10.6. The fourth-order valence-corrected chi connectivity index (χ4v) is 1.73.